The molecule has 0 atom stereocenters. The molecule has 0 unspecified atom stereocenters. The number of nitrogens with one attached hydrogen (secondary N) is 1. The van der Waals surface area contributed by atoms with Crippen LogP contribution in [0.3, 0.4) is 0 Å². The van der Waals surface area contributed by atoms with Crippen molar-refractivity contribution in [2.75, 3.05) is 6.54 Å². The smallest absolute Gasteiger partial charge is 0.261 e. The Bertz CT molecular complexity index is 362. The van der Waals surface area contributed by atoms with Crippen molar-refractivity contribution in [1.82, 2.24) is 5.32 Å². The number of unbranched alkanes of at least 4 members (excludes halogenated alkanes) is 3. The lowest BCUT2D eigenvalue weighted by Gasteiger charge is -2.05. The van der Waals surface area contributed by atoms with Gasteiger partial charge in [0.25, 0.3) is 5.91 Å². The van der Waals surface area contributed by atoms with Crippen LogP contribution in [0.25, 0.3) is 0 Å². The summed E-state index contributed by atoms with van der Waals surface area (Å²) < 4.78 is 1.00. The third-order valence-corrected chi connectivity index (χ3v) is 4.41. The summed E-state index contributed by atoms with van der Waals surface area (Å²) in [4.78, 5) is 12.5. The van der Waals surface area contributed by atoms with E-state index in [1.165, 1.54) is 37.0 Å². The number of hydrogen-bond acceptors (Lipinski definition) is 2. The predicted octanol–water partition coefficient (Wildman–Crippen LogP) is 4.85. The maximum absolute atomic E-state index is 11.7. The summed E-state index contributed by atoms with van der Waals surface area (Å²) in [5.41, 5.74) is 0. The maximum atomic E-state index is 11.7. The average molecular weight is 332 g/mol. The minimum atomic E-state index is 0.0490. The highest BCUT2D eigenvalue weighted by molar-refractivity contribution is 9.11. The van der Waals surface area contributed by atoms with Gasteiger partial charge in [-0.1, -0.05) is 39.5 Å². The minimum Gasteiger partial charge on any atom is -0.351 e. The topological polar surface area (TPSA) is 29.1 Å². The zero-order valence-electron chi connectivity index (χ0n) is 11.2. The van der Waals surface area contributed by atoms with Gasteiger partial charge in [-0.3, -0.25) is 4.79 Å². The second-order valence-corrected chi connectivity index (χ2v) is 7.42. The quantitative estimate of drug-likeness (QED) is 0.678. The van der Waals surface area contributed by atoms with Crippen molar-refractivity contribution in [3.63, 3.8) is 0 Å². The Morgan fingerprint density at radius 1 is 1.28 bits per heavy atom. The van der Waals surface area contributed by atoms with E-state index in [1.54, 1.807) is 0 Å². The molecule has 1 N–H and O–H groups in total. The van der Waals surface area contributed by atoms with E-state index in [4.69, 9.17) is 0 Å². The van der Waals surface area contributed by atoms with Gasteiger partial charge in [-0.15, -0.1) is 11.3 Å². The number of halogens is 1. The van der Waals surface area contributed by atoms with Crippen LogP contribution in [-0.2, 0) is 0 Å². The molecule has 0 fully saturated rings. The van der Waals surface area contributed by atoms with Gasteiger partial charge in [0.15, 0.2) is 0 Å². The number of hydrogen-bond donors (Lipinski definition) is 1. The van der Waals surface area contributed by atoms with Crippen LogP contribution in [0.2, 0.25) is 0 Å². The van der Waals surface area contributed by atoms with E-state index < -0.39 is 0 Å². The summed E-state index contributed by atoms with van der Waals surface area (Å²) in [7, 11) is 0. The zero-order chi connectivity index (χ0) is 13.4. The summed E-state index contributed by atoms with van der Waals surface area (Å²) in [5.74, 6) is 0.856. The summed E-state index contributed by atoms with van der Waals surface area (Å²) in [5, 5.41) is 2.96. The third kappa shape index (κ3) is 6.55. The highest BCUT2D eigenvalue weighted by Gasteiger charge is 2.06. The maximum Gasteiger partial charge on any atom is 0.261 e. The standard InChI is InChI=1S/C14H22BrNOS/c1-11(2)7-5-3-4-6-10-16-14(17)12-8-9-13(15)18-12/h8-9,11H,3-7,10H2,1-2H3,(H,16,17). The van der Waals surface area contributed by atoms with Gasteiger partial charge in [0.05, 0.1) is 8.66 Å². The highest BCUT2D eigenvalue weighted by Crippen LogP contribution is 2.21. The summed E-state index contributed by atoms with van der Waals surface area (Å²) >= 11 is 4.84. The van der Waals surface area contributed by atoms with Crippen molar-refractivity contribution in [3.8, 4) is 0 Å². The van der Waals surface area contributed by atoms with Crippen LogP contribution in [0.1, 0.15) is 55.6 Å². The molecular formula is C14H22BrNOS. The third-order valence-electron chi connectivity index (χ3n) is 2.79. The predicted molar refractivity (Wildman–Crippen MR) is 82.3 cm³/mol. The van der Waals surface area contributed by atoms with Crippen molar-refractivity contribution in [2.24, 2.45) is 5.92 Å². The monoisotopic (exact) mass is 331 g/mol. The Morgan fingerprint density at radius 3 is 2.61 bits per heavy atom. The normalized spacial score (nSPS) is 10.9. The van der Waals surface area contributed by atoms with Crippen LogP contribution in [0, 0.1) is 5.92 Å². The lowest BCUT2D eigenvalue weighted by atomic mass is 10.0. The van der Waals surface area contributed by atoms with Gasteiger partial charge in [-0.2, -0.15) is 0 Å². The molecule has 1 amide bonds. The van der Waals surface area contributed by atoms with E-state index in [9.17, 15) is 4.79 Å². The zero-order valence-corrected chi connectivity index (χ0v) is 13.6. The van der Waals surface area contributed by atoms with Crippen LogP contribution in [0.4, 0.5) is 0 Å². The summed E-state index contributed by atoms with van der Waals surface area (Å²) in [6.45, 7) is 5.31. The van der Waals surface area contributed by atoms with E-state index in [1.807, 2.05) is 12.1 Å². The molecule has 102 valence electrons. The molecule has 1 aromatic heterocycles. The van der Waals surface area contributed by atoms with Crippen LogP contribution in [-0.4, -0.2) is 12.5 Å². The van der Waals surface area contributed by atoms with E-state index in [0.29, 0.717) is 0 Å². The largest absolute Gasteiger partial charge is 0.351 e. The molecule has 1 rings (SSSR count). The second-order valence-electron chi connectivity index (χ2n) is 4.96. The van der Waals surface area contributed by atoms with Crippen molar-refractivity contribution >= 4 is 33.2 Å². The van der Waals surface area contributed by atoms with Gasteiger partial charge in [0, 0.05) is 6.54 Å². The van der Waals surface area contributed by atoms with E-state index in [-0.39, 0.29) is 5.91 Å². The first-order valence-electron chi connectivity index (χ1n) is 6.63. The summed E-state index contributed by atoms with van der Waals surface area (Å²) in [6, 6.07) is 3.76. The molecule has 0 bridgehead atoms. The first-order valence-corrected chi connectivity index (χ1v) is 8.24. The molecule has 1 aromatic rings. The fourth-order valence-corrected chi connectivity index (χ4v) is 3.06. The highest BCUT2D eigenvalue weighted by atomic mass is 79.9. The number of thiophene rings is 1. The number of carbonyl (C=O) groups is 1. The fourth-order valence-electron chi connectivity index (χ4n) is 1.76. The van der Waals surface area contributed by atoms with E-state index in [0.717, 1.165) is 27.5 Å². The van der Waals surface area contributed by atoms with E-state index in [2.05, 4.69) is 35.1 Å². The Kier molecular flexibility index (Phi) is 7.59. The number of rotatable bonds is 8. The van der Waals surface area contributed by atoms with Gasteiger partial charge < -0.3 is 5.32 Å². The minimum absolute atomic E-state index is 0.0490. The molecule has 1 heterocycles. The molecule has 0 spiro atoms. The molecule has 0 aliphatic rings. The Balaban J connectivity index is 2.03. The Labute approximate surface area is 122 Å². The Hall–Kier alpha value is -0.350. The second kappa shape index (κ2) is 8.70. The van der Waals surface area contributed by atoms with Crippen molar-refractivity contribution < 1.29 is 4.79 Å². The van der Waals surface area contributed by atoms with Gasteiger partial charge in [0.1, 0.15) is 0 Å². The summed E-state index contributed by atoms with van der Waals surface area (Å²) in [6.07, 6.45) is 6.19. The molecule has 0 saturated heterocycles. The van der Waals surface area contributed by atoms with Gasteiger partial charge in [-0.25, -0.2) is 0 Å². The SMILES string of the molecule is CC(C)CCCCCCNC(=O)c1ccc(Br)s1. The first-order chi connectivity index (χ1) is 8.59. The lowest BCUT2D eigenvalue weighted by molar-refractivity contribution is 0.0957. The van der Waals surface area contributed by atoms with Crippen molar-refractivity contribution in [3.05, 3.63) is 20.8 Å². The average Bonchev–Trinajstić information content (AvgIpc) is 2.74. The van der Waals surface area contributed by atoms with E-state index >= 15 is 0 Å². The van der Waals surface area contributed by atoms with Crippen LogP contribution >= 0.6 is 27.3 Å². The van der Waals surface area contributed by atoms with Crippen LogP contribution in [0.5, 0.6) is 0 Å². The Morgan fingerprint density at radius 2 is 2.00 bits per heavy atom. The van der Waals surface area contributed by atoms with Crippen molar-refractivity contribution in [2.45, 2.75) is 46.0 Å². The van der Waals surface area contributed by atoms with Crippen molar-refractivity contribution in [1.29, 1.82) is 0 Å². The van der Waals surface area contributed by atoms with Gasteiger partial charge >= 0.3 is 0 Å². The lowest BCUT2D eigenvalue weighted by Crippen LogP contribution is -2.23. The fraction of sp³-hybridized carbons (Fsp3) is 0.643. The number of carbonyl (C=O) groups excluding carboxylic acids is 1. The molecule has 0 radical (unpaired) electrons. The number of amides is 1. The molecule has 0 aliphatic heterocycles. The molecular weight excluding hydrogens is 310 g/mol. The molecule has 0 saturated carbocycles. The molecule has 2 nitrogen and oxygen atoms in total. The van der Waals surface area contributed by atoms with Crippen LogP contribution < -0.4 is 5.32 Å². The molecule has 0 aliphatic carbocycles. The van der Waals surface area contributed by atoms with Gasteiger partial charge in [0.2, 0.25) is 0 Å². The molecule has 18 heavy (non-hydrogen) atoms. The molecule has 4 heteroatoms. The van der Waals surface area contributed by atoms with Gasteiger partial charge in [-0.05, 0) is 40.4 Å². The van der Waals surface area contributed by atoms with Crippen LogP contribution in [0.15, 0.2) is 15.9 Å². The molecule has 0 aromatic carbocycles. The first kappa shape index (κ1) is 15.7.